The molecule has 0 aliphatic carbocycles. The summed E-state index contributed by atoms with van der Waals surface area (Å²) in [5.74, 6) is -0.287. The molecule has 2 aliphatic rings. The van der Waals surface area contributed by atoms with Crippen LogP contribution in [0.5, 0.6) is 0 Å². The second kappa shape index (κ2) is 5.80. The van der Waals surface area contributed by atoms with Crippen LogP contribution in [0.4, 0.5) is 10.1 Å². The van der Waals surface area contributed by atoms with Crippen LogP contribution >= 0.6 is 11.6 Å². The molecule has 124 valence electrons. The van der Waals surface area contributed by atoms with Crippen LogP contribution in [0.3, 0.4) is 0 Å². The third-order valence-corrected chi connectivity index (χ3v) is 5.29. The molecule has 3 rings (SSSR count). The van der Waals surface area contributed by atoms with Crippen LogP contribution in [0.2, 0.25) is 5.02 Å². The van der Waals surface area contributed by atoms with Gasteiger partial charge in [-0.05, 0) is 57.8 Å². The standard InChI is InChI=1S/C17H22BClFNO2/c1-16(2)17(3,4)23-18(22-16)12-7-9-21(10-8-12)15-6-5-13(19)11-14(15)20/h5-7,11H,8-10H2,1-4H3. The van der Waals surface area contributed by atoms with Crippen LogP contribution in [-0.4, -0.2) is 31.4 Å². The van der Waals surface area contributed by atoms with E-state index in [-0.39, 0.29) is 24.1 Å². The lowest BCUT2D eigenvalue weighted by Crippen LogP contribution is -2.41. The first-order valence-electron chi connectivity index (χ1n) is 7.94. The number of hydrogen-bond donors (Lipinski definition) is 0. The van der Waals surface area contributed by atoms with Gasteiger partial charge in [0.05, 0.1) is 16.9 Å². The predicted octanol–water partition coefficient (Wildman–Crippen LogP) is 4.25. The van der Waals surface area contributed by atoms with Gasteiger partial charge in [0, 0.05) is 18.1 Å². The number of anilines is 1. The smallest absolute Gasteiger partial charge is 0.400 e. The minimum absolute atomic E-state index is 0.287. The number of rotatable bonds is 2. The van der Waals surface area contributed by atoms with Gasteiger partial charge >= 0.3 is 7.12 Å². The summed E-state index contributed by atoms with van der Waals surface area (Å²) in [5, 5.41) is 0.414. The maximum Gasteiger partial charge on any atom is 0.490 e. The molecule has 1 saturated heterocycles. The summed E-state index contributed by atoms with van der Waals surface area (Å²) in [4.78, 5) is 2.00. The normalized spacial score (nSPS) is 23.1. The van der Waals surface area contributed by atoms with Crippen molar-refractivity contribution in [2.45, 2.75) is 45.3 Å². The number of nitrogens with zero attached hydrogens (tertiary/aromatic N) is 1. The molecular weight excluding hydrogens is 315 g/mol. The van der Waals surface area contributed by atoms with Crippen molar-refractivity contribution in [3.63, 3.8) is 0 Å². The van der Waals surface area contributed by atoms with Crippen molar-refractivity contribution in [3.05, 3.63) is 40.6 Å². The molecule has 3 nitrogen and oxygen atoms in total. The molecule has 0 bridgehead atoms. The highest BCUT2D eigenvalue weighted by Gasteiger charge is 2.52. The highest BCUT2D eigenvalue weighted by molar-refractivity contribution is 6.54. The van der Waals surface area contributed by atoms with Gasteiger partial charge in [0.1, 0.15) is 5.82 Å². The van der Waals surface area contributed by atoms with E-state index in [1.807, 2.05) is 32.6 Å². The van der Waals surface area contributed by atoms with E-state index in [1.165, 1.54) is 6.07 Å². The summed E-state index contributed by atoms with van der Waals surface area (Å²) in [6.45, 7) is 9.56. The molecule has 1 aromatic rings. The maximum absolute atomic E-state index is 14.0. The van der Waals surface area contributed by atoms with Crippen LogP contribution in [0.15, 0.2) is 29.7 Å². The van der Waals surface area contributed by atoms with E-state index in [4.69, 9.17) is 20.9 Å². The lowest BCUT2D eigenvalue weighted by molar-refractivity contribution is 0.00578. The minimum atomic E-state index is -0.335. The zero-order chi connectivity index (χ0) is 16.8. The van der Waals surface area contributed by atoms with Gasteiger partial charge in [-0.25, -0.2) is 4.39 Å². The first-order valence-corrected chi connectivity index (χ1v) is 8.32. The van der Waals surface area contributed by atoms with Crippen LogP contribution in [0.1, 0.15) is 34.1 Å². The van der Waals surface area contributed by atoms with E-state index in [0.29, 0.717) is 17.3 Å². The quantitative estimate of drug-likeness (QED) is 0.753. The fourth-order valence-electron chi connectivity index (χ4n) is 2.85. The predicted molar refractivity (Wildman–Crippen MR) is 92.4 cm³/mol. The Balaban J connectivity index is 1.72. The maximum atomic E-state index is 14.0. The Morgan fingerprint density at radius 1 is 1.17 bits per heavy atom. The molecule has 23 heavy (non-hydrogen) atoms. The Bertz CT molecular complexity index is 631. The lowest BCUT2D eigenvalue weighted by Gasteiger charge is -2.32. The summed E-state index contributed by atoms with van der Waals surface area (Å²) < 4.78 is 26.2. The molecule has 0 unspecified atom stereocenters. The number of benzene rings is 1. The average molecular weight is 338 g/mol. The Morgan fingerprint density at radius 2 is 1.83 bits per heavy atom. The molecule has 0 spiro atoms. The van der Waals surface area contributed by atoms with Crippen LogP contribution < -0.4 is 4.90 Å². The number of halogens is 2. The van der Waals surface area contributed by atoms with E-state index in [9.17, 15) is 4.39 Å². The summed E-state index contributed by atoms with van der Waals surface area (Å²) in [7, 11) is -0.308. The fourth-order valence-corrected chi connectivity index (χ4v) is 3.01. The van der Waals surface area contributed by atoms with E-state index < -0.39 is 0 Å². The molecule has 0 atom stereocenters. The van der Waals surface area contributed by atoms with Gasteiger partial charge in [-0.2, -0.15) is 0 Å². The van der Waals surface area contributed by atoms with Gasteiger partial charge in [0.25, 0.3) is 0 Å². The van der Waals surface area contributed by atoms with Crippen molar-refractivity contribution in [3.8, 4) is 0 Å². The summed E-state index contributed by atoms with van der Waals surface area (Å²) in [5.41, 5.74) is 1.04. The third kappa shape index (κ3) is 3.15. The molecule has 0 N–H and O–H groups in total. The molecule has 1 aromatic carbocycles. The lowest BCUT2D eigenvalue weighted by atomic mass is 9.74. The zero-order valence-corrected chi connectivity index (χ0v) is 14.8. The van der Waals surface area contributed by atoms with Crippen molar-refractivity contribution in [2.24, 2.45) is 0 Å². The van der Waals surface area contributed by atoms with E-state index in [2.05, 4.69) is 6.08 Å². The van der Waals surface area contributed by atoms with Gasteiger partial charge < -0.3 is 14.2 Å². The first-order chi connectivity index (χ1) is 10.7. The van der Waals surface area contributed by atoms with Crippen LogP contribution in [0.25, 0.3) is 0 Å². The molecule has 0 amide bonds. The first kappa shape index (κ1) is 16.8. The van der Waals surface area contributed by atoms with Gasteiger partial charge in [-0.15, -0.1) is 0 Å². The van der Waals surface area contributed by atoms with Crippen molar-refractivity contribution in [1.82, 2.24) is 0 Å². The summed E-state index contributed by atoms with van der Waals surface area (Å²) in [6.07, 6.45) is 2.87. The molecule has 2 aliphatic heterocycles. The summed E-state index contributed by atoms with van der Waals surface area (Å²) >= 11 is 5.82. The molecule has 0 radical (unpaired) electrons. The Morgan fingerprint density at radius 3 is 2.35 bits per heavy atom. The highest BCUT2D eigenvalue weighted by Crippen LogP contribution is 2.39. The van der Waals surface area contributed by atoms with Crippen molar-refractivity contribution < 1.29 is 13.7 Å². The fraction of sp³-hybridized carbons (Fsp3) is 0.529. The van der Waals surface area contributed by atoms with E-state index >= 15 is 0 Å². The largest absolute Gasteiger partial charge is 0.490 e. The zero-order valence-electron chi connectivity index (χ0n) is 14.0. The van der Waals surface area contributed by atoms with Crippen LogP contribution in [0, 0.1) is 5.82 Å². The van der Waals surface area contributed by atoms with E-state index in [1.54, 1.807) is 12.1 Å². The Hall–Kier alpha value is -1.04. The third-order valence-electron chi connectivity index (χ3n) is 5.05. The van der Waals surface area contributed by atoms with Gasteiger partial charge in [-0.3, -0.25) is 0 Å². The van der Waals surface area contributed by atoms with Crippen LogP contribution in [-0.2, 0) is 9.31 Å². The summed E-state index contributed by atoms with van der Waals surface area (Å²) in [6, 6.07) is 4.79. The molecule has 1 fully saturated rings. The van der Waals surface area contributed by atoms with Crippen molar-refractivity contribution >= 4 is 24.4 Å². The molecule has 0 saturated carbocycles. The molecule has 2 heterocycles. The second-order valence-corrected chi connectivity index (χ2v) is 7.60. The molecule has 0 aromatic heterocycles. The van der Waals surface area contributed by atoms with Gasteiger partial charge in [0.2, 0.25) is 0 Å². The Labute approximate surface area is 142 Å². The monoisotopic (exact) mass is 337 g/mol. The van der Waals surface area contributed by atoms with E-state index in [0.717, 1.165) is 18.4 Å². The molecular formula is C17H22BClFNO2. The second-order valence-electron chi connectivity index (χ2n) is 7.16. The number of hydrogen-bond acceptors (Lipinski definition) is 3. The van der Waals surface area contributed by atoms with Crippen molar-refractivity contribution in [2.75, 3.05) is 18.0 Å². The van der Waals surface area contributed by atoms with Gasteiger partial charge in [0.15, 0.2) is 0 Å². The minimum Gasteiger partial charge on any atom is -0.400 e. The SMILES string of the molecule is CC1(C)OB(C2=CCN(c3ccc(Cl)cc3F)CC2)OC1(C)C. The topological polar surface area (TPSA) is 21.7 Å². The van der Waals surface area contributed by atoms with Crippen molar-refractivity contribution in [1.29, 1.82) is 0 Å². The average Bonchev–Trinajstić information content (AvgIpc) is 2.68. The Kier molecular flexibility index (Phi) is 4.24. The highest BCUT2D eigenvalue weighted by atomic mass is 35.5. The van der Waals surface area contributed by atoms with Gasteiger partial charge in [-0.1, -0.05) is 17.7 Å². The molecule has 6 heteroatoms.